The van der Waals surface area contributed by atoms with Gasteiger partial charge in [0.2, 0.25) is 10.0 Å². The Hall–Kier alpha value is -1.93. The maximum atomic E-state index is 11.6. The third-order valence-corrected chi connectivity index (χ3v) is 6.52. The molecule has 1 fully saturated rings. The van der Waals surface area contributed by atoms with Gasteiger partial charge >= 0.3 is 0 Å². The lowest BCUT2D eigenvalue weighted by molar-refractivity contribution is 0.203. The molecule has 0 saturated carbocycles. The van der Waals surface area contributed by atoms with Gasteiger partial charge < -0.3 is 15.5 Å². The fourth-order valence-electron chi connectivity index (χ4n) is 3.88. The van der Waals surface area contributed by atoms with Crippen molar-refractivity contribution in [2.75, 3.05) is 24.5 Å². The molecule has 7 heteroatoms. The van der Waals surface area contributed by atoms with Gasteiger partial charge in [-0.25, -0.2) is 13.6 Å². The number of sulfonamides is 1. The van der Waals surface area contributed by atoms with Gasteiger partial charge in [0.25, 0.3) is 0 Å². The third-order valence-electron chi connectivity index (χ3n) is 5.59. The van der Waals surface area contributed by atoms with Crippen molar-refractivity contribution in [3.8, 4) is 0 Å². The second kappa shape index (κ2) is 9.71. The molecule has 1 atom stereocenters. The largest absolute Gasteiger partial charge is 0.364 e. The van der Waals surface area contributed by atoms with Crippen LogP contribution in [-0.2, 0) is 16.6 Å². The van der Waals surface area contributed by atoms with Gasteiger partial charge in [-0.3, -0.25) is 0 Å². The maximum absolute atomic E-state index is 11.6. The molecule has 0 radical (unpaired) electrons. The van der Waals surface area contributed by atoms with Crippen LogP contribution in [0, 0.1) is 0 Å². The number of rotatable bonds is 8. The molecule has 1 heterocycles. The number of likely N-dealkylation sites (tertiary alicyclic amines) is 1. The lowest BCUT2D eigenvalue weighted by atomic mass is 10.0. The first-order chi connectivity index (χ1) is 13.8. The van der Waals surface area contributed by atoms with Crippen LogP contribution in [0.4, 0.5) is 5.69 Å². The molecule has 6 nitrogen and oxygen atoms in total. The number of nitrogens with two attached hydrogens (primary N) is 2. The molecule has 0 aliphatic carbocycles. The lowest BCUT2D eigenvalue weighted by Crippen LogP contribution is -2.45. The quantitative estimate of drug-likeness (QED) is 0.690. The summed E-state index contributed by atoms with van der Waals surface area (Å²) in [6, 6.07) is 17.9. The third kappa shape index (κ3) is 6.27. The normalized spacial score (nSPS) is 17.2. The summed E-state index contributed by atoms with van der Waals surface area (Å²) in [5.41, 5.74) is 8.16. The monoisotopic (exact) mass is 416 g/mol. The van der Waals surface area contributed by atoms with Crippen molar-refractivity contribution in [2.45, 2.75) is 49.7 Å². The van der Waals surface area contributed by atoms with Gasteiger partial charge in [0, 0.05) is 37.4 Å². The maximum Gasteiger partial charge on any atom is 0.238 e. The zero-order valence-corrected chi connectivity index (χ0v) is 17.9. The van der Waals surface area contributed by atoms with Gasteiger partial charge in [-0.05, 0) is 62.6 Å². The molecule has 29 heavy (non-hydrogen) atoms. The van der Waals surface area contributed by atoms with Crippen molar-refractivity contribution in [1.29, 1.82) is 0 Å². The lowest BCUT2D eigenvalue weighted by Gasteiger charge is -2.40. The van der Waals surface area contributed by atoms with Crippen molar-refractivity contribution in [2.24, 2.45) is 10.9 Å². The van der Waals surface area contributed by atoms with Crippen molar-refractivity contribution in [1.82, 2.24) is 4.90 Å². The van der Waals surface area contributed by atoms with E-state index in [4.69, 9.17) is 10.9 Å². The van der Waals surface area contributed by atoms with Crippen LogP contribution in [0.5, 0.6) is 0 Å². The topological polar surface area (TPSA) is 92.7 Å². The van der Waals surface area contributed by atoms with Crippen LogP contribution >= 0.6 is 0 Å². The summed E-state index contributed by atoms with van der Waals surface area (Å²) in [6.45, 7) is 6.00. The molecular formula is C22H32N4O2S. The summed E-state index contributed by atoms with van der Waals surface area (Å²) >= 11 is 0. The second-order valence-electron chi connectivity index (χ2n) is 7.99. The van der Waals surface area contributed by atoms with Crippen LogP contribution < -0.4 is 15.8 Å². The Bertz CT molecular complexity index is 861. The Kier molecular flexibility index (Phi) is 7.29. The van der Waals surface area contributed by atoms with Crippen LogP contribution in [0.2, 0.25) is 0 Å². The van der Waals surface area contributed by atoms with E-state index in [0.717, 1.165) is 51.1 Å². The Morgan fingerprint density at radius 3 is 2.24 bits per heavy atom. The molecule has 1 aliphatic heterocycles. The fraction of sp³-hybridized carbons (Fsp3) is 0.455. The first-order valence-electron chi connectivity index (χ1n) is 10.2. The fourth-order valence-corrected chi connectivity index (χ4v) is 4.39. The van der Waals surface area contributed by atoms with Crippen molar-refractivity contribution in [3.05, 3.63) is 60.2 Å². The van der Waals surface area contributed by atoms with E-state index in [0.29, 0.717) is 6.04 Å². The van der Waals surface area contributed by atoms with E-state index in [9.17, 15) is 8.42 Å². The summed E-state index contributed by atoms with van der Waals surface area (Å²) in [6.07, 6.45) is 3.17. The number of primary sulfonamides is 1. The number of piperidine rings is 1. The average Bonchev–Trinajstić information content (AvgIpc) is 2.71. The molecule has 1 aliphatic rings. The van der Waals surface area contributed by atoms with Gasteiger partial charge in [-0.1, -0.05) is 30.3 Å². The van der Waals surface area contributed by atoms with Gasteiger partial charge in [0.1, 0.15) is 0 Å². The molecule has 4 N–H and O–H groups in total. The zero-order valence-electron chi connectivity index (χ0n) is 17.1. The number of anilines is 1. The highest BCUT2D eigenvalue weighted by Crippen LogP contribution is 2.27. The van der Waals surface area contributed by atoms with Gasteiger partial charge in [0.05, 0.1) is 4.90 Å². The van der Waals surface area contributed by atoms with Crippen LogP contribution in [0.25, 0.3) is 0 Å². The first-order valence-corrected chi connectivity index (χ1v) is 11.8. The number of hydrogen-bond donors (Lipinski definition) is 2. The first kappa shape index (κ1) is 21.8. The van der Waals surface area contributed by atoms with E-state index in [2.05, 4.69) is 28.9 Å². The van der Waals surface area contributed by atoms with E-state index in [1.807, 2.05) is 30.3 Å². The zero-order chi connectivity index (χ0) is 20.9. The van der Waals surface area contributed by atoms with E-state index in [1.165, 1.54) is 5.56 Å². The minimum Gasteiger partial charge on any atom is -0.364 e. The smallest absolute Gasteiger partial charge is 0.238 e. The summed E-state index contributed by atoms with van der Waals surface area (Å²) in [7, 11) is -3.69. The molecule has 1 saturated heterocycles. The molecule has 2 aromatic rings. The van der Waals surface area contributed by atoms with Crippen LogP contribution in [0.3, 0.4) is 0 Å². The summed E-state index contributed by atoms with van der Waals surface area (Å²) in [5, 5.41) is 5.26. The molecule has 1 unspecified atom stereocenters. The van der Waals surface area contributed by atoms with Crippen molar-refractivity contribution in [3.63, 3.8) is 0 Å². The van der Waals surface area contributed by atoms with Crippen LogP contribution in [0.15, 0.2) is 59.5 Å². The summed E-state index contributed by atoms with van der Waals surface area (Å²) < 4.78 is 23.2. The van der Waals surface area contributed by atoms with Gasteiger partial charge in [0.15, 0.2) is 0 Å². The second-order valence-corrected chi connectivity index (χ2v) is 9.55. The van der Waals surface area contributed by atoms with E-state index in [1.54, 1.807) is 12.1 Å². The van der Waals surface area contributed by atoms with Gasteiger partial charge in [-0.15, -0.1) is 0 Å². The Morgan fingerprint density at radius 1 is 1.07 bits per heavy atom. The van der Waals surface area contributed by atoms with Crippen LogP contribution in [-0.4, -0.2) is 45.0 Å². The minimum absolute atomic E-state index is 0.145. The summed E-state index contributed by atoms with van der Waals surface area (Å²) in [4.78, 5) is 5.03. The SMILES string of the molecule is CC(N)CCN1CCC(N(Cc2ccccc2)c2ccc(S(N)(=O)=O)cc2)CC1. The van der Waals surface area contributed by atoms with E-state index >= 15 is 0 Å². The minimum atomic E-state index is -3.69. The number of hydrogen-bond acceptors (Lipinski definition) is 5. The van der Waals surface area contributed by atoms with Crippen molar-refractivity contribution >= 4 is 15.7 Å². The molecule has 0 amide bonds. The van der Waals surface area contributed by atoms with Crippen LogP contribution in [0.1, 0.15) is 31.7 Å². The highest BCUT2D eigenvalue weighted by Gasteiger charge is 2.25. The average molecular weight is 417 g/mol. The highest BCUT2D eigenvalue weighted by molar-refractivity contribution is 7.89. The Morgan fingerprint density at radius 2 is 1.69 bits per heavy atom. The van der Waals surface area contributed by atoms with E-state index in [-0.39, 0.29) is 10.9 Å². The highest BCUT2D eigenvalue weighted by atomic mass is 32.2. The summed E-state index contributed by atoms with van der Waals surface area (Å²) in [5.74, 6) is 0. The molecular weight excluding hydrogens is 384 g/mol. The Labute approximate surface area is 174 Å². The molecule has 0 aromatic heterocycles. The molecule has 0 spiro atoms. The predicted molar refractivity (Wildman–Crippen MR) is 118 cm³/mol. The predicted octanol–water partition coefficient (Wildman–Crippen LogP) is 2.54. The molecule has 0 bridgehead atoms. The molecule has 2 aromatic carbocycles. The van der Waals surface area contributed by atoms with E-state index < -0.39 is 10.0 Å². The van der Waals surface area contributed by atoms with Crippen molar-refractivity contribution < 1.29 is 8.42 Å². The standard InChI is InChI=1S/C22H32N4O2S/c1-18(23)11-14-25-15-12-21(13-16-25)26(17-19-5-3-2-4-6-19)20-7-9-22(10-8-20)29(24,27)28/h2-10,18,21H,11-17,23H2,1H3,(H2,24,27,28). The molecule has 3 rings (SSSR count). The number of benzene rings is 2. The molecule has 158 valence electrons. The Balaban J connectivity index is 1.75. The number of nitrogens with zero attached hydrogens (tertiary/aromatic N) is 2. The van der Waals surface area contributed by atoms with Gasteiger partial charge in [-0.2, -0.15) is 0 Å².